The van der Waals surface area contributed by atoms with Crippen LogP contribution in [0, 0.1) is 5.92 Å². The molecule has 4 atom stereocenters. The number of rotatable bonds is 1. The SMILES string of the molecule is COc1ccc2c3c1O[C@H]1c4c(C(F)(F)F)nnc(C(F)(F)F)c4C[C@H]4[C@@H](C2)N(C)CC[C@]314. The normalized spacial score (nSPS) is 29.9. The van der Waals surface area contributed by atoms with Crippen molar-refractivity contribution in [1.29, 1.82) is 0 Å². The summed E-state index contributed by atoms with van der Waals surface area (Å²) < 4.78 is 95.4. The largest absolute Gasteiger partial charge is 0.493 e. The molecule has 2 bridgehead atoms. The zero-order chi connectivity index (χ0) is 23.5. The lowest BCUT2D eigenvalue weighted by atomic mass is 9.51. The third-order valence-corrected chi connectivity index (χ3v) is 7.94. The predicted molar refractivity (Wildman–Crippen MR) is 102 cm³/mol. The number of piperidine rings is 1. The van der Waals surface area contributed by atoms with E-state index in [9.17, 15) is 26.3 Å². The first kappa shape index (κ1) is 21.0. The van der Waals surface area contributed by atoms with Crippen molar-refractivity contribution in [3.63, 3.8) is 0 Å². The second-order valence-corrected chi connectivity index (χ2v) is 9.27. The van der Waals surface area contributed by atoms with Crippen LogP contribution in [0.15, 0.2) is 12.1 Å². The molecule has 1 spiro atoms. The van der Waals surface area contributed by atoms with Crippen molar-refractivity contribution in [2.24, 2.45) is 5.92 Å². The van der Waals surface area contributed by atoms with Crippen molar-refractivity contribution in [2.45, 2.75) is 49.2 Å². The number of likely N-dealkylation sites (tertiary alicyclic amines) is 1. The van der Waals surface area contributed by atoms with Gasteiger partial charge in [-0.15, -0.1) is 10.2 Å². The Bertz CT molecular complexity index is 1180. The quantitative estimate of drug-likeness (QED) is 0.580. The number of aromatic nitrogens is 2. The Morgan fingerprint density at radius 2 is 1.76 bits per heavy atom. The van der Waals surface area contributed by atoms with Gasteiger partial charge in [-0.1, -0.05) is 6.07 Å². The van der Waals surface area contributed by atoms with E-state index < -0.39 is 46.4 Å². The number of methoxy groups -OCH3 is 1. The van der Waals surface area contributed by atoms with Crippen molar-refractivity contribution in [2.75, 3.05) is 20.7 Å². The summed E-state index contributed by atoms with van der Waals surface area (Å²) in [4.78, 5) is 2.09. The predicted octanol–water partition coefficient (Wildman–Crippen LogP) is 4.33. The van der Waals surface area contributed by atoms with Crippen LogP contribution in [-0.4, -0.2) is 41.8 Å². The van der Waals surface area contributed by atoms with Crippen molar-refractivity contribution in [3.8, 4) is 11.5 Å². The number of halogens is 6. The van der Waals surface area contributed by atoms with Crippen LogP contribution in [0.1, 0.15) is 46.2 Å². The van der Waals surface area contributed by atoms with Crippen molar-refractivity contribution < 1.29 is 35.8 Å². The van der Waals surface area contributed by atoms with E-state index in [-0.39, 0.29) is 18.4 Å². The minimum absolute atomic E-state index is 0.131. The lowest BCUT2D eigenvalue weighted by molar-refractivity contribution is -0.151. The van der Waals surface area contributed by atoms with Gasteiger partial charge in [0.25, 0.3) is 0 Å². The fraction of sp³-hybridized carbons (Fsp3) is 0.545. The summed E-state index contributed by atoms with van der Waals surface area (Å²) in [7, 11) is 3.34. The van der Waals surface area contributed by atoms with Crippen LogP contribution in [0.5, 0.6) is 11.5 Å². The zero-order valence-electron chi connectivity index (χ0n) is 17.6. The summed E-state index contributed by atoms with van der Waals surface area (Å²) in [5.41, 5.74) is -2.91. The van der Waals surface area contributed by atoms with Crippen LogP contribution >= 0.6 is 0 Å². The number of hydrogen-bond donors (Lipinski definition) is 0. The highest BCUT2D eigenvalue weighted by atomic mass is 19.4. The molecule has 3 heterocycles. The Labute approximate surface area is 184 Å². The minimum atomic E-state index is -4.98. The van der Waals surface area contributed by atoms with Gasteiger partial charge in [0.05, 0.1) is 7.11 Å². The van der Waals surface area contributed by atoms with Crippen LogP contribution in [0.3, 0.4) is 0 Å². The highest BCUT2D eigenvalue weighted by Gasteiger charge is 2.67. The third kappa shape index (κ3) is 2.54. The summed E-state index contributed by atoms with van der Waals surface area (Å²) in [5, 5.41) is 6.09. The minimum Gasteiger partial charge on any atom is -0.493 e. The number of likely N-dealkylation sites (N-methyl/N-ethyl adjacent to an activating group) is 1. The number of alkyl halides is 6. The molecule has 2 aromatic rings. The molecular formula is C22H19F6N3O2. The molecule has 0 N–H and O–H groups in total. The second-order valence-electron chi connectivity index (χ2n) is 9.27. The highest BCUT2D eigenvalue weighted by molar-refractivity contribution is 5.64. The van der Waals surface area contributed by atoms with E-state index >= 15 is 0 Å². The molecule has 2 aliphatic heterocycles. The molecular weight excluding hydrogens is 452 g/mol. The summed E-state index contributed by atoms with van der Waals surface area (Å²) in [6, 6.07) is 3.46. The maximum atomic E-state index is 14.0. The number of fused-ring (bicyclic) bond motifs is 2. The van der Waals surface area contributed by atoms with Gasteiger partial charge in [0.1, 0.15) is 6.10 Å². The average molecular weight is 471 g/mol. The smallest absolute Gasteiger partial charge is 0.435 e. The molecule has 1 aromatic carbocycles. The number of hydrogen-bond acceptors (Lipinski definition) is 5. The molecule has 5 nitrogen and oxygen atoms in total. The van der Waals surface area contributed by atoms with Crippen molar-refractivity contribution in [3.05, 3.63) is 45.8 Å². The van der Waals surface area contributed by atoms with Gasteiger partial charge < -0.3 is 14.4 Å². The van der Waals surface area contributed by atoms with E-state index in [1.165, 1.54) is 7.11 Å². The first-order chi connectivity index (χ1) is 15.5. The third-order valence-electron chi connectivity index (χ3n) is 7.94. The van der Waals surface area contributed by atoms with Crippen molar-refractivity contribution >= 4 is 0 Å². The van der Waals surface area contributed by atoms with E-state index in [0.717, 1.165) is 11.1 Å². The Hall–Kier alpha value is -2.56. The molecule has 1 aromatic heterocycles. The molecule has 33 heavy (non-hydrogen) atoms. The zero-order valence-corrected chi connectivity index (χ0v) is 17.6. The topological polar surface area (TPSA) is 47.5 Å². The number of benzene rings is 1. The maximum Gasteiger partial charge on any atom is 0.435 e. The summed E-state index contributed by atoms with van der Waals surface area (Å²) in [6.07, 6.45) is -10.3. The Balaban J connectivity index is 1.70. The molecule has 1 fully saturated rings. The van der Waals surface area contributed by atoms with E-state index in [2.05, 4.69) is 15.1 Å². The molecule has 2 aliphatic carbocycles. The van der Waals surface area contributed by atoms with Crippen LogP contribution in [0.2, 0.25) is 0 Å². The molecule has 1 saturated heterocycles. The van der Waals surface area contributed by atoms with E-state index in [4.69, 9.17) is 9.47 Å². The standard InChI is InChI=1S/C22H19F6N3O2/c1-31-6-5-20-11-8-10-14(18(22(26,27)28)30-29-17(10)21(23,24)25)19(20)33-16-13(32-2)4-3-9(15(16)20)7-12(11)31/h3-4,11-12,19H,5-8H2,1-2H3/t11-,12+,19-,20-/m0/s1. The summed E-state index contributed by atoms with van der Waals surface area (Å²) in [6.45, 7) is 0.596. The van der Waals surface area contributed by atoms with E-state index in [1.807, 2.05) is 13.1 Å². The summed E-state index contributed by atoms with van der Waals surface area (Å²) >= 11 is 0. The van der Waals surface area contributed by atoms with Crippen molar-refractivity contribution in [1.82, 2.24) is 15.1 Å². The van der Waals surface area contributed by atoms with Gasteiger partial charge in [-0.2, -0.15) is 26.3 Å². The first-order valence-corrected chi connectivity index (χ1v) is 10.6. The van der Waals surface area contributed by atoms with Gasteiger partial charge in [-0.25, -0.2) is 0 Å². The van der Waals surface area contributed by atoms with Gasteiger partial charge in [0, 0.05) is 22.6 Å². The maximum absolute atomic E-state index is 14.0. The van der Waals surface area contributed by atoms with Gasteiger partial charge in [-0.05, 0) is 56.0 Å². The average Bonchev–Trinajstić information content (AvgIpc) is 3.08. The van der Waals surface area contributed by atoms with Gasteiger partial charge in [0.15, 0.2) is 22.9 Å². The second kappa shape index (κ2) is 6.31. The Morgan fingerprint density at radius 3 is 2.42 bits per heavy atom. The molecule has 11 heteroatoms. The molecule has 4 aliphatic rings. The summed E-state index contributed by atoms with van der Waals surface area (Å²) in [5.74, 6) is 0.335. The van der Waals surface area contributed by atoms with Gasteiger partial charge >= 0.3 is 12.4 Å². The molecule has 0 saturated carbocycles. The monoisotopic (exact) mass is 471 g/mol. The Kier molecular flexibility index (Phi) is 4.02. The molecule has 0 amide bonds. The first-order valence-electron chi connectivity index (χ1n) is 10.6. The Morgan fingerprint density at radius 1 is 1.06 bits per heavy atom. The lowest BCUT2D eigenvalue weighted by Gasteiger charge is -2.57. The molecule has 6 rings (SSSR count). The fourth-order valence-electron chi connectivity index (χ4n) is 6.70. The molecule has 176 valence electrons. The molecule has 0 radical (unpaired) electrons. The van der Waals surface area contributed by atoms with Crippen LogP contribution < -0.4 is 9.47 Å². The fourth-order valence-corrected chi connectivity index (χ4v) is 6.70. The van der Waals surface area contributed by atoms with Gasteiger partial charge in [0.2, 0.25) is 0 Å². The number of nitrogens with zero attached hydrogens (tertiary/aromatic N) is 3. The molecule has 0 unspecified atom stereocenters. The van der Waals surface area contributed by atoms with Crippen LogP contribution in [-0.2, 0) is 30.6 Å². The highest BCUT2D eigenvalue weighted by Crippen LogP contribution is 2.68. The van der Waals surface area contributed by atoms with E-state index in [1.54, 1.807) is 6.07 Å². The van der Waals surface area contributed by atoms with Crippen LogP contribution in [0.4, 0.5) is 26.3 Å². The van der Waals surface area contributed by atoms with E-state index in [0.29, 0.717) is 30.9 Å². The lowest BCUT2D eigenvalue weighted by Crippen LogP contribution is -2.62. The van der Waals surface area contributed by atoms with Gasteiger partial charge in [-0.3, -0.25) is 0 Å². The number of ether oxygens (including phenoxy) is 2. The van der Waals surface area contributed by atoms with Crippen LogP contribution in [0.25, 0.3) is 0 Å².